The van der Waals surface area contributed by atoms with Crippen molar-refractivity contribution < 1.29 is 18.5 Å². The number of hydrogen-bond donors (Lipinski definition) is 1. The van der Waals surface area contributed by atoms with Gasteiger partial charge in [0.05, 0.1) is 11.9 Å². The van der Waals surface area contributed by atoms with Crippen LogP contribution in [0.15, 0.2) is 74.2 Å². The summed E-state index contributed by atoms with van der Waals surface area (Å²) in [5.74, 6) is -0.368. The molecule has 2 aromatic heterocycles. The van der Waals surface area contributed by atoms with Crippen molar-refractivity contribution >= 4 is 50.4 Å². The van der Waals surface area contributed by atoms with Crippen LogP contribution in [0.5, 0.6) is 0 Å². The Morgan fingerprint density at radius 2 is 1.93 bits per heavy atom. The Balaban J connectivity index is 1.74. The van der Waals surface area contributed by atoms with E-state index < -0.39 is 5.91 Å². The van der Waals surface area contributed by atoms with E-state index >= 15 is 0 Å². The van der Waals surface area contributed by atoms with E-state index in [1.807, 2.05) is 30.3 Å². The number of fused-ring (bicyclic) bond motifs is 1. The number of amides is 1. The summed E-state index contributed by atoms with van der Waals surface area (Å²) in [6.45, 7) is 1.64. The van der Waals surface area contributed by atoms with E-state index in [0.717, 1.165) is 10.0 Å². The van der Waals surface area contributed by atoms with E-state index in [1.54, 1.807) is 31.2 Å². The van der Waals surface area contributed by atoms with Crippen LogP contribution in [-0.2, 0) is 0 Å². The van der Waals surface area contributed by atoms with Gasteiger partial charge in [-0.2, -0.15) is 0 Å². The highest BCUT2D eigenvalue weighted by molar-refractivity contribution is 9.10. The smallest absolute Gasteiger partial charge is 0.261 e. The molecule has 0 saturated carbocycles. The zero-order valence-electron chi connectivity index (χ0n) is 15.3. The molecule has 0 aliphatic rings. The van der Waals surface area contributed by atoms with Gasteiger partial charge < -0.3 is 14.3 Å². The van der Waals surface area contributed by atoms with Crippen LogP contribution in [0.25, 0.3) is 17.0 Å². The third-order valence-corrected chi connectivity index (χ3v) is 4.83. The molecule has 7 heteroatoms. The van der Waals surface area contributed by atoms with Gasteiger partial charge in [-0.25, -0.2) is 0 Å². The van der Waals surface area contributed by atoms with Gasteiger partial charge in [-0.15, -0.1) is 0 Å². The first kappa shape index (κ1) is 18.9. The Kier molecular flexibility index (Phi) is 5.14. The van der Waals surface area contributed by atoms with Crippen molar-refractivity contribution in [3.05, 3.63) is 87.9 Å². The molecular weight excluding hydrogens is 436 g/mol. The summed E-state index contributed by atoms with van der Waals surface area (Å²) in [4.78, 5) is 25.5. The number of aromatic nitrogens is 1. The molecule has 0 fully saturated rings. The second-order valence-corrected chi connectivity index (χ2v) is 7.22. The minimum absolute atomic E-state index is 0.0488. The summed E-state index contributed by atoms with van der Waals surface area (Å²) in [6.07, 6.45) is 4.45. The number of hydrogen-bond acceptors (Lipinski definition) is 5. The van der Waals surface area contributed by atoms with E-state index in [4.69, 9.17) is 8.94 Å². The Hall–Kier alpha value is -3.45. The molecule has 6 nitrogen and oxygen atoms in total. The molecule has 2 heterocycles. The lowest BCUT2D eigenvalue weighted by Gasteiger charge is -2.04. The van der Waals surface area contributed by atoms with Gasteiger partial charge in [0.25, 0.3) is 5.91 Å². The molecule has 0 spiro atoms. The van der Waals surface area contributed by atoms with Crippen LogP contribution in [0.2, 0.25) is 0 Å². The lowest BCUT2D eigenvalue weighted by atomic mass is 10.1. The molecule has 0 saturated heterocycles. The standard InChI is InChI=1S/C22H15BrN2O4/c1-13-17(12-24-29-13)22(27)25-20-16-11-15(23)8-10-19(16)28-21(20)18(26)9-7-14-5-3-2-4-6-14/h2-12H,1H3,(H,25,27)/b9-7+. The molecule has 29 heavy (non-hydrogen) atoms. The first-order valence-electron chi connectivity index (χ1n) is 8.75. The van der Waals surface area contributed by atoms with Gasteiger partial charge in [0.2, 0.25) is 5.78 Å². The summed E-state index contributed by atoms with van der Waals surface area (Å²) in [5.41, 5.74) is 1.95. The maximum absolute atomic E-state index is 12.9. The van der Waals surface area contributed by atoms with Crippen LogP contribution in [0.3, 0.4) is 0 Å². The summed E-state index contributed by atoms with van der Waals surface area (Å²) in [7, 11) is 0. The topological polar surface area (TPSA) is 85.3 Å². The highest BCUT2D eigenvalue weighted by atomic mass is 79.9. The minimum atomic E-state index is -0.437. The molecule has 0 aliphatic carbocycles. The lowest BCUT2D eigenvalue weighted by molar-refractivity contribution is 0.102. The summed E-state index contributed by atoms with van der Waals surface area (Å²) >= 11 is 3.41. The number of benzene rings is 2. The summed E-state index contributed by atoms with van der Waals surface area (Å²) < 4.78 is 11.5. The molecule has 1 amide bonds. The van der Waals surface area contributed by atoms with Gasteiger partial charge in [-0.3, -0.25) is 9.59 Å². The maximum Gasteiger partial charge on any atom is 0.261 e. The number of nitrogens with one attached hydrogen (secondary N) is 1. The number of halogens is 1. The van der Waals surface area contributed by atoms with E-state index in [1.165, 1.54) is 12.3 Å². The Morgan fingerprint density at radius 1 is 1.14 bits per heavy atom. The van der Waals surface area contributed by atoms with Gasteiger partial charge in [0.1, 0.15) is 16.9 Å². The molecule has 0 unspecified atom stereocenters. The molecule has 0 bridgehead atoms. The zero-order valence-corrected chi connectivity index (χ0v) is 16.9. The molecule has 144 valence electrons. The lowest BCUT2D eigenvalue weighted by Crippen LogP contribution is -2.14. The number of carbonyl (C=O) groups excluding carboxylic acids is 2. The second kappa shape index (κ2) is 7.89. The number of furan rings is 1. The van der Waals surface area contributed by atoms with E-state index in [-0.39, 0.29) is 17.1 Å². The average molecular weight is 451 g/mol. The number of aryl methyl sites for hydroxylation is 1. The number of ketones is 1. The van der Waals surface area contributed by atoms with Crippen LogP contribution in [0.4, 0.5) is 5.69 Å². The van der Waals surface area contributed by atoms with E-state index in [9.17, 15) is 9.59 Å². The van der Waals surface area contributed by atoms with Crippen molar-refractivity contribution in [3.8, 4) is 0 Å². The summed E-state index contributed by atoms with van der Waals surface area (Å²) in [5, 5.41) is 7.01. The zero-order chi connectivity index (χ0) is 20.4. The fourth-order valence-electron chi connectivity index (χ4n) is 2.88. The number of nitrogens with zero attached hydrogens (tertiary/aromatic N) is 1. The van der Waals surface area contributed by atoms with Crippen molar-refractivity contribution in [2.24, 2.45) is 0 Å². The van der Waals surface area contributed by atoms with Crippen molar-refractivity contribution in [2.75, 3.05) is 5.32 Å². The number of allylic oxidation sites excluding steroid dienone is 1. The highest BCUT2D eigenvalue weighted by Gasteiger charge is 2.23. The number of anilines is 1. The van der Waals surface area contributed by atoms with Crippen LogP contribution < -0.4 is 5.32 Å². The Morgan fingerprint density at radius 3 is 2.66 bits per heavy atom. The Labute approximate surface area is 174 Å². The van der Waals surface area contributed by atoms with Gasteiger partial charge in [0.15, 0.2) is 5.76 Å². The molecular formula is C22H15BrN2O4. The first-order chi connectivity index (χ1) is 14.0. The van der Waals surface area contributed by atoms with Crippen LogP contribution in [0, 0.1) is 6.92 Å². The molecule has 0 radical (unpaired) electrons. The minimum Gasteiger partial charge on any atom is -0.450 e. The number of rotatable bonds is 5. The third kappa shape index (κ3) is 3.90. The van der Waals surface area contributed by atoms with E-state index in [0.29, 0.717) is 22.4 Å². The van der Waals surface area contributed by atoms with Crippen molar-refractivity contribution in [3.63, 3.8) is 0 Å². The van der Waals surface area contributed by atoms with Crippen LogP contribution in [0.1, 0.15) is 32.2 Å². The summed E-state index contributed by atoms with van der Waals surface area (Å²) in [6, 6.07) is 14.8. The van der Waals surface area contributed by atoms with Crippen molar-refractivity contribution in [2.45, 2.75) is 6.92 Å². The van der Waals surface area contributed by atoms with Crippen LogP contribution >= 0.6 is 15.9 Å². The SMILES string of the molecule is Cc1oncc1C(=O)Nc1c(C(=O)/C=C/c2ccccc2)oc2ccc(Br)cc12. The maximum atomic E-state index is 12.9. The molecule has 2 aromatic carbocycles. The normalized spacial score (nSPS) is 11.2. The van der Waals surface area contributed by atoms with Crippen LogP contribution in [-0.4, -0.2) is 16.8 Å². The van der Waals surface area contributed by atoms with Gasteiger partial charge in [-0.1, -0.05) is 57.5 Å². The fourth-order valence-corrected chi connectivity index (χ4v) is 3.24. The predicted octanol–water partition coefficient (Wildman–Crippen LogP) is 5.64. The fraction of sp³-hybridized carbons (Fsp3) is 0.0455. The Bertz CT molecular complexity index is 1240. The van der Waals surface area contributed by atoms with Gasteiger partial charge in [-0.05, 0) is 36.8 Å². The second-order valence-electron chi connectivity index (χ2n) is 6.30. The van der Waals surface area contributed by atoms with Crippen molar-refractivity contribution in [1.82, 2.24) is 5.16 Å². The molecule has 0 atom stereocenters. The van der Waals surface area contributed by atoms with E-state index in [2.05, 4.69) is 26.4 Å². The molecule has 0 aliphatic heterocycles. The molecule has 4 aromatic rings. The largest absolute Gasteiger partial charge is 0.450 e. The monoisotopic (exact) mass is 450 g/mol. The first-order valence-corrected chi connectivity index (χ1v) is 9.54. The van der Waals surface area contributed by atoms with Gasteiger partial charge >= 0.3 is 0 Å². The number of carbonyl (C=O) groups is 2. The highest BCUT2D eigenvalue weighted by Crippen LogP contribution is 2.34. The predicted molar refractivity (Wildman–Crippen MR) is 113 cm³/mol. The average Bonchev–Trinajstić information content (AvgIpc) is 3.30. The molecule has 1 N–H and O–H groups in total. The van der Waals surface area contributed by atoms with Gasteiger partial charge in [0, 0.05) is 9.86 Å². The quantitative estimate of drug-likeness (QED) is 0.314. The third-order valence-electron chi connectivity index (χ3n) is 4.33. The molecule has 4 rings (SSSR count). The van der Waals surface area contributed by atoms with Crippen molar-refractivity contribution in [1.29, 1.82) is 0 Å².